The summed E-state index contributed by atoms with van der Waals surface area (Å²) in [5, 5.41) is 1.93. The minimum absolute atomic E-state index is 0.0207. The topological polar surface area (TPSA) is 92.3 Å². The smallest absolute Gasteiger partial charge is 0.328 e. The van der Waals surface area contributed by atoms with Gasteiger partial charge in [-0.3, -0.25) is 4.79 Å². The lowest BCUT2D eigenvalue weighted by molar-refractivity contribution is -0.111. The Morgan fingerprint density at radius 3 is 2.33 bits per heavy atom. The lowest BCUT2D eigenvalue weighted by atomic mass is 10.2. The van der Waals surface area contributed by atoms with E-state index in [-0.39, 0.29) is 11.3 Å². The second-order valence-electron chi connectivity index (χ2n) is 4.39. The van der Waals surface area contributed by atoms with E-state index >= 15 is 0 Å². The summed E-state index contributed by atoms with van der Waals surface area (Å²) in [6.45, 7) is 2.37. The first kappa shape index (κ1) is 17.5. The number of hydrogen-bond donors (Lipinski definition) is 2. The zero-order chi connectivity index (χ0) is 15.9. The zero-order valence-corrected chi connectivity index (χ0v) is 13.1. The number of carbonyl (C=O) groups excluding carboxylic acids is 2. The molecule has 0 radical (unpaired) electrons. The van der Waals surface area contributed by atoms with Gasteiger partial charge in [-0.1, -0.05) is 25.5 Å². The van der Waals surface area contributed by atoms with Crippen LogP contribution in [0.15, 0.2) is 29.2 Å². The summed E-state index contributed by atoms with van der Waals surface area (Å²) < 4.78 is 25.8. The van der Waals surface area contributed by atoms with E-state index in [1.165, 1.54) is 24.3 Å². The minimum Gasteiger partial charge on any atom is -0.337 e. The van der Waals surface area contributed by atoms with Gasteiger partial charge < -0.3 is 5.32 Å². The summed E-state index contributed by atoms with van der Waals surface area (Å²) in [5.74, 6) is 0. The normalized spacial score (nSPS) is 11.0. The first-order chi connectivity index (χ1) is 9.85. The van der Waals surface area contributed by atoms with E-state index in [0.29, 0.717) is 12.1 Å². The van der Waals surface area contributed by atoms with E-state index in [1.807, 2.05) is 11.6 Å². The van der Waals surface area contributed by atoms with Crippen LogP contribution < -0.4 is 10.0 Å². The molecule has 0 aliphatic carbocycles. The maximum atomic E-state index is 11.9. The molecule has 0 aliphatic rings. The predicted octanol–water partition coefficient (Wildman–Crippen LogP) is 1.78. The molecule has 0 atom stereocenters. The Hall–Kier alpha value is -1.60. The fraction of sp³-hybridized carbons (Fsp3) is 0.385. The van der Waals surface area contributed by atoms with E-state index in [0.717, 1.165) is 12.8 Å². The number of urea groups is 1. The Labute approximate surface area is 128 Å². The van der Waals surface area contributed by atoms with Crippen molar-refractivity contribution in [1.82, 2.24) is 10.0 Å². The van der Waals surface area contributed by atoms with E-state index in [2.05, 4.69) is 5.32 Å². The Morgan fingerprint density at radius 1 is 1.19 bits per heavy atom. The van der Waals surface area contributed by atoms with Gasteiger partial charge >= 0.3 is 6.03 Å². The number of hydrogen-bond acceptors (Lipinski definition) is 4. The number of benzene rings is 1. The largest absolute Gasteiger partial charge is 0.337 e. The molecule has 0 aliphatic heterocycles. The molecule has 21 heavy (non-hydrogen) atoms. The number of rotatable bonds is 7. The second-order valence-corrected chi connectivity index (χ2v) is 6.49. The number of sulfonamides is 1. The minimum atomic E-state index is -3.92. The van der Waals surface area contributed by atoms with E-state index in [1.54, 1.807) is 0 Å². The van der Waals surface area contributed by atoms with Crippen LogP contribution in [0.2, 0.25) is 0 Å². The summed E-state index contributed by atoms with van der Waals surface area (Å²) in [6.07, 6.45) is 1.69. The maximum absolute atomic E-state index is 11.9. The quantitative estimate of drug-likeness (QED) is 0.588. The Balaban J connectivity index is 2.69. The van der Waals surface area contributed by atoms with Crippen LogP contribution in [0.4, 0.5) is 4.79 Å². The third-order valence-electron chi connectivity index (χ3n) is 2.62. The van der Waals surface area contributed by atoms with Crippen LogP contribution in [0.3, 0.4) is 0 Å². The Morgan fingerprint density at radius 2 is 1.81 bits per heavy atom. The molecule has 0 spiro atoms. The molecule has 6 nitrogen and oxygen atoms in total. The van der Waals surface area contributed by atoms with E-state index in [9.17, 15) is 18.0 Å². The van der Waals surface area contributed by atoms with Crippen LogP contribution >= 0.6 is 11.6 Å². The molecule has 116 valence electrons. The van der Waals surface area contributed by atoms with Gasteiger partial charge in [0, 0.05) is 13.0 Å². The molecule has 0 aromatic heterocycles. The van der Waals surface area contributed by atoms with Crippen LogP contribution in [0, 0.1) is 0 Å². The highest BCUT2D eigenvalue weighted by Crippen LogP contribution is 2.11. The molecular formula is C13H17ClN2O4S. The average molecular weight is 333 g/mol. The monoisotopic (exact) mass is 332 g/mol. The van der Waals surface area contributed by atoms with Crippen LogP contribution in [-0.4, -0.2) is 26.2 Å². The number of unbranched alkanes of at least 4 members (excludes halogenated alkanes) is 1. The molecule has 2 N–H and O–H groups in total. The molecule has 8 heteroatoms. The predicted molar refractivity (Wildman–Crippen MR) is 79.6 cm³/mol. The fourth-order valence-electron chi connectivity index (χ4n) is 1.54. The van der Waals surface area contributed by atoms with Gasteiger partial charge in [0.05, 0.1) is 4.90 Å². The number of amides is 2. The van der Waals surface area contributed by atoms with Crippen molar-refractivity contribution in [2.75, 3.05) is 6.54 Å². The SMILES string of the molecule is CCCCNC(=O)NS(=O)(=O)c1ccc(CC(=O)Cl)cc1. The van der Waals surface area contributed by atoms with Crippen LogP contribution in [-0.2, 0) is 21.2 Å². The highest BCUT2D eigenvalue weighted by Gasteiger charge is 2.17. The van der Waals surface area contributed by atoms with Crippen molar-refractivity contribution in [3.8, 4) is 0 Å². The number of halogens is 1. The van der Waals surface area contributed by atoms with Crippen LogP contribution in [0.5, 0.6) is 0 Å². The van der Waals surface area contributed by atoms with E-state index in [4.69, 9.17) is 11.6 Å². The van der Waals surface area contributed by atoms with Crippen molar-refractivity contribution in [2.45, 2.75) is 31.1 Å². The van der Waals surface area contributed by atoms with Gasteiger partial charge in [-0.2, -0.15) is 0 Å². The van der Waals surface area contributed by atoms with Crippen molar-refractivity contribution in [3.63, 3.8) is 0 Å². The van der Waals surface area contributed by atoms with Gasteiger partial charge in [0.25, 0.3) is 10.0 Å². The first-order valence-electron chi connectivity index (χ1n) is 6.43. The number of nitrogens with one attached hydrogen (secondary N) is 2. The highest BCUT2D eigenvalue weighted by atomic mass is 35.5. The molecule has 0 saturated heterocycles. The van der Waals surface area contributed by atoms with Crippen molar-refractivity contribution >= 4 is 32.9 Å². The third-order valence-corrected chi connectivity index (χ3v) is 4.10. The summed E-state index contributed by atoms with van der Waals surface area (Å²) in [6, 6.07) is 4.82. The molecular weight excluding hydrogens is 316 g/mol. The van der Waals surface area contributed by atoms with Gasteiger partial charge in [0.15, 0.2) is 0 Å². The molecule has 0 heterocycles. The molecule has 0 unspecified atom stereocenters. The summed E-state index contributed by atoms with van der Waals surface area (Å²) in [4.78, 5) is 22.1. The third kappa shape index (κ3) is 6.14. The van der Waals surface area contributed by atoms with Crippen molar-refractivity contribution in [3.05, 3.63) is 29.8 Å². The second kappa shape index (κ2) is 7.99. The number of carbonyl (C=O) groups is 2. The van der Waals surface area contributed by atoms with Crippen LogP contribution in [0.25, 0.3) is 0 Å². The highest BCUT2D eigenvalue weighted by molar-refractivity contribution is 7.90. The fourth-order valence-corrected chi connectivity index (χ4v) is 2.63. The van der Waals surface area contributed by atoms with Crippen molar-refractivity contribution in [1.29, 1.82) is 0 Å². The molecule has 0 fully saturated rings. The van der Waals surface area contributed by atoms with Gasteiger partial charge in [-0.05, 0) is 35.7 Å². The van der Waals surface area contributed by atoms with E-state index < -0.39 is 21.3 Å². The van der Waals surface area contributed by atoms with Gasteiger partial charge in [0.2, 0.25) is 5.24 Å². The average Bonchev–Trinajstić information content (AvgIpc) is 2.38. The van der Waals surface area contributed by atoms with Crippen LogP contribution in [0.1, 0.15) is 25.3 Å². The van der Waals surface area contributed by atoms with Gasteiger partial charge in [0.1, 0.15) is 0 Å². The Kier molecular flexibility index (Phi) is 6.64. The zero-order valence-electron chi connectivity index (χ0n) is 11.6. The summed E-state index contributed by atoms with van der Waals surface area (Å²) >= 11 is 5.25. The first-order valence-corrected chi connectivity index (χ1v) is 8.29. The van der Waals surface area contributed by atoms with Crippen molar-refractivity contribution in [2.24, 2.45) is 0 Å². The molecule has 1 rings (SSSR count). The molecule has 0 bridgehead atoms. The molecule has 1 aromatic rings. The molecule has 1 aromatic carbocycles. The summed E-state index contributed by atoms with van der Waals surface area (Å²) in [7, 11) is -3.92. The lowest BCUT2D eigenvalue weighted by Crippen LogP contribution is -2.39. The lowest BCUT2D eigenvalue weighted by Gasteiger charge is -2.08. The standard InChI is InChI=1S/C13H17ClN2O4S/c1-2-3-8-15-13(18)16-21(19,20)11-6-4-10(5-7-11)9-12(14)17/h4-7H,2-3,8-9H2,1H3,(H2,15,16,18). The van der Waals surface area contributed by atoms with Gasteiger partial charge in [-0.25, -0.2) is 17.9 Å². The summed E-state index contributed by atoms with van der Waals surface area (Å²) in [5.41, 5.74) is 0.598. The van der Waals surface area contributed by atoms with Crippen molar-refractivity contribution < 1.29 is 18.0 Å². The molecule has 2 amide bonds. The maximum Gasteiger partial charge on any atom is 0.328 e. The Bertz CT molecular complexity index is 599. The van der Waals surface area contributed by atoms with Gasteiger partial charge in [-0.15, -0.1) is 0 Å². The molecule has 0 saturated carbocycles.